The average Bonchev–Trinajstić information content (AvgIpc) is 2.02. The maximum Gasteiger partial charge on any atom is 0.293 e. The molecule has 0 radical (unpaired) electrons. The fourth-order valence-electron chi connectivity index (χ4n) is 1.12. The van der Waals surface area contributed by atoms with E-state index in [0.29, 0.717) is 10.2 Å². The van der Waals surface area contributed by atoms with E-state index in [-0.39, 0.29) is 5.69 Å². The fourth-order valence-corrected chi connectivity index (χ4v) is 1.88. The van der Waals surface area contributed by atoms with E-state index in [1.165, 1.54) is 6.07 Å². The van der Waals surface area contributed by atoms with Gasteiger partial charge in [0.25, 0.3) is 5.69 Å². The lowest BCUT2D eigenvalue weighted by atomic mass is 10.2. The standard InChI is InChI=1S/C8H9BrN2O2/c1-5-3-6(9)8(10-2)7(4-5)11(12)13/h3-4,10H,1-2H3. The van der Waals surface area contributed by atoms with Crippen molar-refractivity contribution in [2.45, 2.75) is 6.92 Å². The highest BCUT2D eigenvalue weighted by atomic mass is 79.9. The van der Waals surface area contributed by atoms with Gasteiger partial charge >= 0.3 is 0 Å². The second-order valence-electron chi connectivity index (χ2n) is 2.65. The monoisotopic (exact) mass is 244 g/mol. The molecule has 70 valence electrons. The third-order valence-electron chi connectivity index (χ3n) is 1.66. The summed E-state index contributed by atoms with van der Waals surface area (Å²) in [7, 11) is 1.66. The number of nitro groups is 1. The molecule has 4 nitrogen and oxygen atoms in total. The molecule has 0 spiro atoms. The number of hydrogen-bond donors (Lipinski definition) is 1. The summed E-state index contributed by atoms with van der Waals surface area (Å²) in [6.45, 7) is 1.82. The highest BCUT2D eigenvalue weighted by molar-refractivity contribution is 9.10. The van der Waals surface area contributed by atoms with Crippen molar-refractivity contribution in [2.24, 2.45) is 0 Å². The third kappa shape index (κ3) is 1.98. The van der Waals surface area contributed by atoms with Gasteiger partial charge in [0.15, 0.2) is 0 Å². The van der Waals surface area contributed by atoms with Crippen molar-refractivity contribution in [2.75, 3.05) is 12.4 Å². The molecule has 1 N–H and O–H groups in total. The Bertz CT molecular complexity index is 352. The summed E-state index contributed by atoms with van der Waals surface area (Å²) in [6.07, 6.45) is 0. The van der Waals surface area contributed by atoms with Crippen molar-refractivity contribution in [1.29, 1.82) is 0 Å². The molecule has 0 atom stereocenters. The predicted octanol–water partition coefficient (Wildman–Crippen LogP) is 2.71. The summed E-state index contributed by atoms with van der Waals surface area (Å²) in [6, 6.07) is 3.37. The zero-order valence-corrected chi connectivity index (χ0v) is 8.88. The van der Waals surface area contributed by atoms with Crippen LogP contribution < -0.4 is 5.32 Å². The van der Waals surface area contributed by atoms with Gasteiger partial charge in [0.05, 0.1) is 4.92 Å². The van der Waals surface area contributed by atoms with Crippen molar-refractivity contribution in [3.8, 4) is 0 Å². The Balaban J connectivity index is 3.38. The Labute approximate surface area is 84.2 Å². The highest BCUT2D eigenvalue weighted by Crippen LogP contribution is 2.33. The quantitative estimate of drug-likeness (QED) is 0.643. The van der Waals surface area contributed by atoms with E-state index in [0.717, 1.165) is 5.56 Å². The Hall–Kier alpha value is -1.10. The molecular weight excluding hydrogens is 236 g/mol. The van der Waals surface area contributed by atoms with Gasteiger partial charge in [0.2, 0.25) is 0 Å². The van der Waals surface area contributed by atoms with Gasteiger partial charge in [-0.15, -0.1) is 0 Å². The number of anilines is 1. The summed E-state index contributed by atoms with van der Waals surface area (Å²) in [5, 5.41) is 13.4. The van der Waals surface area contributed by atoms with Crippen LogP contribution in [0.1, 0.15) is 5.56 Å². The minimum Gasteiger partial charge on any atom is -0.382 e. The molecule has 0 aliphatic rings. The predicted molar refractivity (Wildman–Crippen MR) is 55.1 cm³/mol. The lowest BCUT2D eigenvalue weighted by molar-refractivity contribution is -0.384. The number of halogens is 1. The van der Waals surface area contributed by atoms with E-state index in [1.54, 1.807) is 7.05 Å². The molecule has 5 heteroatoms. The van der Waals surface area contributed by atoms with Crippen LogP contribution in [0, 0.1) is 17.0 Å². The van der Waals surface area contributed by atoms with Crippen LogP contribution in [-0.2, 0) is 0 Å². The minimum absolute atomic E-state index is 0.0920. The van der Waals surface area contributed by atoms with Gasteiger partial charge in [-0.3, -0.25) is 10.1 Å². The smallest absolute Gasteiger partial charge is 0.293 e. The molecule has 0 heterocycles. The molecule has 0 amide bonds. The molecule has 1 aromatic carbocycles. The normalized spacial score (nSPS) is 9.77. The summed E-state index contributed by atoms with van der Waals surface area (Å²) >= 11 is 3.26. The van der Waals surface area contributed by atoms with Crippen LogP contribution in [0.2, 0.25) is 0 Å². The Kier molecular flexibility index (Phi) is 2.87. The summed E-state index contributed by atoms with van der Waals surface area (Å²) < 4.78 is 0.710. The number of benzene rings is 1. The SMILES string of the molecule is CNc1c(Br)cc(C)cc1[N+](=O)[O-]. The number of hydrogen-bond acceptors (Lipinski definition) is 3. The van der Waals surface area contributed by atoms with E-state index in [2.05, 4.69) is 21.2 Å². The van der Waals surface area contributed by atoms with Crippen molar-refractivity contribution in [3.05, 3.63) is 32.3 Å². The maximum atomic E-state index is 10.6. The van der Waals surface area contributed by atoms with E-state index < -0.39 is 4.92 Å². The number of nitro benzene ring substituents is 1. The van der Waals surface area contributed by atoms with Gasteiger partial charge in [0, 0.05) is 17.6 Å². The van der Waals surface area contributed by atoms with E-state index in [4.69, 9.17) is 0 Å². The first-order valence-electron chi connectivity index (χ1n) is 3.68. The summed E-state index contributed by atoms with van der Waals surface area (Å²) in [4.78, 5) is 10.2. The van der Waals surface area contributed by atoms with Gasteiger partial charge in [-0.05, 0) is 34.5 Å². The van der Waals surface area contributed by atoms with Crippen LogP contribution in [0.4, 0.5) is 11.4 Å². The Morgan fingerprint density at radius 1 is 1.54 bits per heavy atom. The second-order valence-corrected chi connectivity index (χ2v) is 3.50. The van der Waals surface area contributed by atoms with Crippen LogP contribution in [0.3, 0.4) is 0 Å². The van der Waals surface area contributed by atoms with Crippen molar-refractivity contribution < 1.29 is 4.92 Å². The third-order valence-corrected chi connectivity index (χ3v) is 2.29. The first kappa shape index (κ1) is 9.98. The maximum absolute atomic E-state index is 10.6. The molecule has 1 rings (SSSR count). The number of nitrogens with zero attached hydrogens (tertiary/aromatic N) is 1. The average molecular weight is 245 g/mol. The van der Waals surface area contributed by atoms with Crippen LogP contribution in [0.25, 0.3) is 0 Å². The van der Waals surface area contributed by atoms with Gasteiger partial charge in [0.1, 0.15) is 5.69 Å². The molecular formula is C8H9BrN2O2. The molecule has 0 aromatic heterocycles. The number of aryl methyl sites for hydroxylation is 1. The molecule has 1 aromatic rings. The van der Waals surface area contributed by atoms with Gasteiger partial charge in [-0.25, -0.2) is 0 Å². The van der Waals surface area contributed by atoms with Crippen molar-refractivity contribution >= 4 is 27.3 Å². The van der Waals surface area contributed by atoms with Crippen LogP contribution in [0.5, 0.6) is 0 Å². The number of nitrogens with one attached hydrogen (secondary N) is 1. The minimum atomic E-state index is -0.399. The molecule has 13 heavy (non-hydrogen) atoms. The fraction of sp³-hybridized carbons (Fsp3) is 0.250. The second kappa shape index (κ2) is 3.74. The zero-order valence-electron chi connectivity index (χ0n) is 7.30. The Morgan fingerprint density at radius 2 is 2.15 bits per heavy atom. The van der Waals surface area contributed by atoms with E-state index >= 15 is 0 Å². The molecule has 0 saturated heterocycles. The lowest BCUT2D eigenvalue weighted by Crippen LogP contribution is -1.98. The van der Waals surface area contributed by atoms with Crippen LogP contribution in [0.15, 0.2) is 16.6 Å². The number of rotatable bonds is 2. The van der Waals surface area contributed by atoms with Crippen LogP contribution >= 0.6 is 15.9 Å². The van der Waals surface area contributed by atoms with Crippen molar-refractivity contribution in [3.63, 3.8) is 0 Å². The van der Waals surface area contributed by atoms with Crippen molar-refractivity contribution in [1.82, 2.24) is 0 Å². The van der Waals surface area contributed by atoms with E-state index in [9.17, 15) is 10.1 Å². The highest BCUT2D eigenvalue weighted by Gasteiger charge is 2.15. The van der Waals surface area contributed by atoms with E-state index in [1.807, 2.05) is 13.0 Å². The summed E-state index contributed by atoms with van der Waals surface area (Å²) in [5.74, 6) is 0. The van der Waals surface area contributed by atoms with Crippen LogP contribution in [-0.4, -0.2) is 12.0 Å². The first-order chi connectivity index (χ1) is 6.06. The first-order valence-corrected chi connectivity index (χ1v) is 4.48. The molecule has 0 unspecified atom stereocenters. The van der Waals surface area contributed by atoms with Gasteiger partial charge in [-0.2, -0.15) is 0 Å². The van der Waals surface area contributed by atoms with Gasteiger partial charge < -0.3 is 5.32 Å². The molecule has 0 fully saturated rings. The topological polar surface area (TPSA) is 55.2 Å². The lowest BCUT2D eigenvalue weighted by Gasteiger charge is -2.05. The molecule has 0 bridgehead atoms. The molecule has 0 aliphatic carbocycles. The largest absolute Gasteiger partial charge is 0.382 e. The van der Waals surface area contributed by atoms with Gasteiger partial charge in [-0.1, -0.05) is 0 Å². The molecule has 0 saturated carbocycles. The molecule has 0 aliphatic heterocycles. The summed E-state index contributed by atoms with van der Waals surface area (Å²) in [5.41, 5.74) is 1.46. The zero-order chi connectivity index (χ0) is 10.0. The Morgan fingerprint density at radius 3 is 2.62 bits per heavy atom.